The summed E-state index contributed by atoms with van der Waals surface area (Å²) in [5.41, 5.74) is 0. The van der Waals surface area contributed by atoms with Crippen molar-refractivity contribution < 1.29 is 24.2 Å². The molecule has 1 heterocycles. The van der Waals surface area contributed by atoms with E-state index in [0.717, 1.165) is 19.3 Å². The normalized spacial score (nSPS) is 20.3. The number of esters is 1. The van der Waals surface area contributed by atoms with Gasteiger partial charge in [0.05, 0.1) is 13.5 Å². The Morgan fingerprint density at radius 2 is 2.00 bits per heavy atom. The topological polar surface area (TPSA) is 83.9 Å². The van der Waals surface area contributed by atoms with Gasteiger partial charge in [0.1, 0.15) is 0 Å². The van der Waals surface area contributed by atoms with Gasteiger partial charge in [0.15, 0.2) is 0 Å². The zero-order valence-electron chi connectivity index (χ0n) is 12.1. The molecule has 6 nitrogen and oxygen atoms in total. The molecule has 1 N–H and O–H groups in total. The van der Waals surface area contributed by atoms with Crippen molar-refractivity contribution in [1.82, 2.24) is 4.90 Å². The maximum absolute atomic E-state index is 12.3. The summed E-state index contributed by atoms with van der Waals surface area (Å²) in [5.74, 6) is -1.46. The molecule has 6 heteroatoms. The molecule has 1 aliphatic heterocycles. The highest BCUT2D eigenvalue weighted by Gasteiger charge is 2.29. The van der Waals surface area contributed by atoms with Gasteiger partial charge in [0.25, 0.3) is 0 Å². The highest BCUT2D eigenvalue weighted by molar-refractivity contribution is 5.79. The fraction of sp³-hybridized carbons (Fsp3) is 0.786. The van der Waals surface area contributed by atoms with E-state index in [9.17, 15) is 14.4 Å². The molecule has 0 saturated carbocycles. The van der Waals surface area contributed by atoms with E-state index in [0.29, 0.717) is 6.54 Å². The van der Waals surface area contributed by atoms with Gasteiger partial charge in [-0.05, 0) is 25.2 Å². The predicted molar refractivity (Wildman–Crippen MR) is 72.0 cm³/mol. The van der Waals surface area contributed by atoms with Crippen LogP contribution in [0.5, 0.6) is 0 Å². The highest BCUT2D eigenvalue weighted by atomic mass is 16.5. The summed E-state index contributed by atoms with van der Waals surface area (Å²) < 4.78 is 4.66. The molecular formula is C14H23NO5. The molecule has 1 fully saturated rings. The van der Waals surface area contributed by atoms with Gasteiger partial charge in [-0.25, -0.2) is 0 Å². The smallest absolute Gasteiger partial charge is 0.307 e. The quantitative estimate of drug-likeness (QED) is 0.746. The molecule has 0 aromatic carbocycles. The highest BCUT2D eigenvalue weighted by Crippen LogP contribution is 2.22. The van der Waals surface area contributed by atoms with Crippen LogP contribution in [-0.4, -0.2) is 47.5 Å². The van der Waals surface area contributed by atoms with Crippen molar-refractivity contribution in [3.8, 4) is 0 Å². The van der Waals surface area contributed by atoms with E-state index < -0.39 is 5.97 Å². The van der Waals surface area contributed by atoms with Crippen LogP contribution in [-0.2, 0) is 19.1 Å². The number of carbonyl (C=O) groups excluding carboxylic acids is 2. The van der Waals surface area contributed by atoms with Crippen molar-refractivity contribution in [3.05, 3.63) is 0 Å². The first-order chi connectivity index (χ1) is 9.43. The molecule has 0 aromatic heterocycles. The Morgan fingerprint density at radius 1 is 1.30 bits per heavy atom. The minimum atomic E-state index is -0.893. The van der Waals surface area contributed by atoms with Crippen LogP contribution in [0.25, 0.3) is 0 Å². The largest absolute Gasteiger partial charge is 0.481 e. The first kappa shape index (κ1) is 16.5. The van der Waals surface area contributed by atoms with E-state index in [1.54, 1.807) is 11.8 Å². The Morgan fingerprint density at radius 3 is 2.60 bits per heavy atom. The van der Waals surface area contributed by atoms with Gasteiger partial charge < -0.3 is 14.7 Å². The van der Waals surface area contributed by atoms with Crippen LogP contribution < -0.4 is 0 Å². The lowest BCUT2D eigenvalue weighted by Crippen LogP contribution is -2.45. The van der Waals surface area contributed by atoms with E-state index in [-0.39, 0.29) is 43.1 Å². The average molecular weight is 285 g/mol. The van der Waals surface area contributed by atoms with Crippen molar-refractivity contribution in [3.63, 3.8) is 0 Å². The average Bonchev–Trinajstić information content (AvgIpc) is 2.37. The third-order valence-electron chi connectivity index (χ3n) is 3.62. The summed E-state index contributed by atoms with van der Waals surface area (Å²) in [7, 11) is 1.34. The summed E-state index contributed by atoms with van der Waals surface area (Å²) in [5, 5.41) is 8.72. The second kappa shape index (κ2) is 7.87. The number of carboxylic acid groups (broad SMARTS) is 1. The molecule has 1 saturated heterocycles. The van der Waals surface area contributed by atoms with Crippen LogP contribution >= 0.6 is 0 Å². The summed E-state index contributed by atoms with van der Waals surface area (Å²) in [6.07, 6.45) is 3.14. The first-order valence-corrected chi connectivity index (χ1v) is 7.02. The SMILES string of the molecule is COC(=O)CC1CCCCN1C(=O)CC(C)CC(=O)O. The summed E-state index contributed by atoms with van der Waals surface area (Å²) in [4.78, 5) is 36.0. The molecule has 2 atom stereocenters. The Labute approximate surface area is 119 Å². The standard InChI is InChI=1S/C14H23NO5/c1-10(8-13(17)18)7-12(16)15-6-4-3-5-11(15)9-14(19)20-2/h10-11H,3-9H2,1-2H3,(H,17,18). The molecule has 1 aliphatic rings. The van der Waals surface area contributed by atoms with Crippen LogP contribution in [0, 0.1) is 5.92 Å². The number of methoxy groups -OCH3 is 1. The molecule has 0 aromatic rings. The zero-order chi connectivity index (χ0) is 15.1. The number of carboxylic acids is 1. The van der Waals surface area contributed by atoms with Crippen LogP contribution in [0.4, 0.5) is 0 Å². The zero-order valence-corrected chi connectivity index (χ0v) is 12.1. The maximum Gasteiger partial charge on any atom is 0.307 e. The van der Waals surface area contributed by atoms with Gasteiger partial charge in [0, 0.05) is 25.4 Å². The molecule has 1 rings (SSSR count). The summed E-state index contributed by atoms with van der Waals surface area (Å²) in [6.45, 7) is 2.39. The number of nitrogens with zero attached hydrogens (tertiary/aromatic N) is 1. The Bertz CT molecular complexity index is 369. The van der Waals surface area contributed by atoms with Crippen molar-refractivity contribution in [1.29, 1.82) is 0 Å². The van der Waals surface area contributed by atoms with Crippen LogP contribution in [0.2, 0.25) is 0 Å². The van der Waals surface area contributed by atoms with Gasteiger partial charge >= 0.3 is 11.9 Å². The number of piperidine rings is 1. The minimum absolute atomic E-state index is 0.0127. The number of aliphatic carboxylic acids is 1. The molecule has 114 valence electrons. The minimum Gasteiger partial charge on any atom is -0.481 e. The lowest BCUT2D eigenvalue weighted by atomic mass is 9.96. The molecule has 0 radical (unpaired) electrons. The lowest BCUT2D eigenvalue weighted by Gasteiger charge is -2.35. The predicted octanol–water partition coefficient (Wildman–Crippen LogP) is 1.43. The lowest BCUT2D eigenvalue weighted by molar-refractivity contribution is -0.144. The van der Waals surface area contributed by atoms with Gasteiger partial charge in [0.2, 0.25) is 5.91 Å². The number of ether oxygens (including phenoxy) is 1. The van der Waals surface area contributed by atoms with Gasteiger partial charge in [-0.3, -0.25) is 14.4 Å². The number of hydrogen-bond acceptors (Lipinski definition) is 4. The van der Waals surface area contributed by atoms with Crippen molar-refractivity contribution >= 4 is 17.8 Å². The van der Waals surface area contributed by atoms with Crippen LogP contribution in [0.3, 0.4) is 0 Å². The molecular weight excluding hydrogens is 262 g/mol. The van der Waals surface area contributed by atoms with E-state index in [4.69, 9.17) is 5.11 Å². The third kappa shape index (κ3) is 5.19. The number of likely N-dealkylation sites (tertiary alicyclic amines) is 1. The molecule has 0 aliphatic carbocycles. The number of hydrogen-bond donors (Lipinski definition) is 1. The first-order valence-electron chi connectivity index (χ1n) is 7.02. The van der Waals surface area contributed by atoms with Gasteiger partial charge in [-0.2, -0.15) is 0 Å². The van der Waals surface area contributed by atoms with E-state index in [1.165, 1.54) is 7.11 Å². The van der Waals surface area contributed by atoms with E-state index in [1.807, 2.05) is 0 Å². The second-order valence-corrected chi connectivity index (χ2v) is 5.42. The third-order valence-corrected chi connectivity index (χ3v) is 3.62. The van der Waals surface area contributed by atoms with Crippen molar-refractivity contribution in [2.45, 2.75) is 51.5 Å². The van der Waals surface area contributed by atoms with Crippen LogP contribution in [0.1, 0.15) is 45.4 Å². The summed E-state index contributed by atoms with van der Waals surface area (Å²) in [6, 6.07) is -0.110. The molecule has 2 unspecified atom stereocenters. The summed E-state index contributed by atoms with van der Waals surface area (Å²) >= 11 is 0. The van der Waals surface area contributed by atoms with Crippen molar-refractivity contribution in [2.24, 2.45) is 5.92 Å². The second-order valence-electron chi connectivity index (χ2n) is 5.42. The Kier molecular flexibility index (Phi) is 6.48. The Hall–Kier alpha value is -1.59. The number of carbonyl (C=O) groups is 3. The monoisotopic (exact) mass is 285 g/mol. The number of rotatable bonds is 6. The van der Waals surface area contributed by atoms with E-state index >= 15 is 0 Å². The fourth-order valence-corrected chi connectivity index (χ4v) is 2.60. The van der Waals surface area contributed by atoms with E-state index in [2.05, 4.69) is 4.74 Å². The van der Waals surface area contributed by atoms with Crippen LogP contribution in [0.15, 0.2) is 0 Å². The molecule has 0 spiro atoms. The Balaban J connectivity index is 2.57. The molecule has 1 amide bonds. The van der Waals surface area contributed by atoms with Gasteiger partial charge in [-0.1, -0.05) is 6.92 Å². The van der Waals surface area contributed by atoms with Gasteiger partial charge in [-0.15, -0.1) is 0 Å². The van der Waals surface area contributed by atoms with Crippen molar-refractivity contribution in [2.75, 3.05) is 13.7 Å². The molecule has 20 heavy (non-hydrogen) atoms. The maximum atomic E-state index is 12.3. The molecule has 0 bridgehead atoms. The fourth-order valence-electron chi connectivity index (χ4n) is 2.60. The number of amides is 1.